The van der Waals surface area contributed by atoms with Gasteiger partial charge in [-0.2, -0.15) is 0 Å². The minimum absolute atomic E-state index is 0.0411. The van der Waals surface area contributed by atoms with E-state index in [1.165, 1.54) is 56.4 Å². The lowest BCUT2D eigenvalue weighted by Gasteiger charge is -2.34. The monoisotopic (exact) mass is 342 g/mol. The Balaban J connectivity index is 1.24. The predicted octanol–water partition coefficient (Wildman–Crippen LogP) is 3.99. The number of hydrogen-bond acceptors (Lipinski definition) is 4. The molecule has 0 spiro atoms. The van der Waals surface area contributed by atoms with Crippen LogP contribution in [0.5, 0.6) is 0 Å². The van der Waals surface area contributed by atoms with Crippen LogP contribution in [0, 0.1) is 5.92 Å². The van der Waals surface area contributed by atoms with Gasteiger partial charge >= 0.3 is 0 Å². The zero-order valence-corrected chi connectivity index (χ0v) is 15.0. The number of piperidine rings is 2. The topological polar surface area (TPSA) is 33.7 Å². The van der Waals surface area contributed by atoms with Crippen molar-refractivity contribution in [1.82, 2.24) is 5.32 Å². The summed E-state index contributed by atoms with van der Waals surface area (Å²) in [7, 11) is 0. The van der Waals surface area contributed by atoms with Crippen molar-refractivity contribution in [2.45, 2.75) is 50.7 Å². The van der Waals surface area contributed by atoms with Crippen LogP contribution in [0.4, 0.5) is 5.69 Å². The van der Waals surface area contributed by atoms with E-state index in [2.05, 4.69) is 34.5 Å². The highest BCUT2D eigenvalue weighted by Gasteiger charge is 2.22. The van der Waals surface area contributed by atoms with Crippen LogP contribution >= 0.6 is 0 Å². The number of hydrogen-bond donors (Lipinski definition) is 1. The molecular formula is C21H30N2O2. The Morgan fingerprint density at radius 2 is 1.56 bits per heavy atom. The van der Waals surface area contributed by atoms with Gasteiger partial charge in [-0.3, -0.25) is 0 Å². The normalized spacial score (nSPS) is 22.8. The van der Waals surface area contributed by atoms with E-state index in [1.807, 2.05) is 0 Å². The first-order valence-corrected chi connectivity index (χ1v) is 9.90. The van der Waals surface area contributed by atoms with Crippen molar-refractivity contribution >= 4 is 5.69 Å². The molecule has 0 bridgehead atoms. The van der Waals surface area contributed by atoms with E-state index in [9.17, 15) is 0 Å². The standard InChI is InChI=1S/C21H30N2O2/c1(6-21-24-15-16-25-21)17-9-13-23(14-10-17)20-4-2-18(3-5-20)19-7-11-22-12-8-19/h2-5,15-17,19,21-22H,1,6-14H2. The molecule has 0 unspecified atom stereocenters. The molecule has 0 atom stereocenters. The highest BCUT2D eigenvalue weighted by Crippen LogP contribution is 2.30. The molecule has 0 aromatic heterocycles. The number of benzene rings is 1. The molecular weight excluding hydrogens is 312 g/mol. The fraction of sp³-hybridized carbons (Fsp3) is 0.619. The van der Waals surface area contributed by atoms with E-state index >= 15 is 0 Å². The number of anilines is 1. The summed E-state index contributed by atoms with van der Waals surface area (Å²) in [4.78, 5) is 2.55. The molecule has 136 valence electrons. The fourth-order valence-corrected chi connectivity index (χ4v) is 4.37. The Bertz CT molecular complexity index is 550. The molecule has 2 saturated heterocycles. The van der Waals surface area contributed by atoms with Gasteiger partial charge in [-0.05, 0) is 74.7 Å². The number of ether oxygens (including phenoxy) is 2. The van der Waals surface area contributed by atoms with Crippen LogP contribution in [0.1, 0.15) is 50.0 Å². The van der Waals surface area contributed by atoms with Gasteiger partial charge in [0.1, 0.15) is 12.5 Å². The average molecular weight is 342 g/mol. The minimum atomic E-state index is -0.0411. The second-order valence-corrected chi connectivity index (χ2v) is 7.60. The quantitative estimate of drug-likeness (QED) is 0.877. The Morgan fingerprint density at radius 1 is 0.880 bits per heavy atom. The van der Waals surface area contributed by atoms with Gasteiger partial charge in [0, 0.05) is 25.2 Å². The van der Waals surface area contributed by atoms with Crippen LogP contribution in [-0.2, 0) is 9.47 Å². The Labute approximate surface area is 151 Å². The van der Waals surface area contributed by atoms with E-state index in [0.29, 0.717) is 0 Å². The van der Waals surface area contributed by atoms with Gasteiger partial charge in [-0.1, -0.05) is 12.1 Å². The zero-order chi connectivity index (χ0) is 16.9. The first-order chi connectivity index (χ1) is 12.4. The van der Waals surface area contributed by atoms with Crippen molar-refractivity contribution in [3.8, 4) is 0 Å². The highest BCUT2D eigenvalue weighted by molar-refractivity contribution is 5.48. The van der Waals surface area contributed by atoms with E-state index in [0.717, 1.165) is 31.3 Å². The smallest absolute Gasteiger partial charge is 0.239 e. The molecule has 25 heavy (non-hydrogen) atoms. The van der Waals surface area contributed by atoms with Crippen LogP contribution in [0.3, 0.4) is 0 Å². The molecule has 4 rings (SSSR count). The van der Waals surface area contributed by atoms with Gasteiger partial charge < -0.3 is 19.7 Å². The number of nitrogens with one attached hydrogen (secondary N) is 1. The highest BCUT2D eigenvalue weighted by atomic mass is 16.7. The summed E-state index contributed by atoms with van der Waals surface area (Å²) in [5, 5.41) is 3.45. The molecule has 2 fully saturated rings. The maximum atomic E-state index is 5.38. The molecule has 3 aliphatic heterocycles. The van der Waals surface area contributed by atoms with Crippen molar-refractivity contribution in [2.24, 2.45) is 5.92 Å². The molecule has 1 aromatic carbocycles. The SMILES string of the molecule is C1=COC(CCC2CCN(c3ccc(C4CCNCC4)cc3)CC2)O1. The molecule has 1 aromatic rings. The van der Waals surface area contributed by atoms with Crippen LogP contribution in [0.2, 0.25) is 0 Å². The molecule has 3 heterocycles. The molecule has 4 nitrogen and oxygen atoms in total. The summed E-state index contributed by atoms with van der Waals surface area (Å²) >= 11 is 0. The van der Waals surface area contributed by atoms with Gasteiger partial charge in [0.05, 0.1) is 0 Å². The third-order valence-corrected chi connectivity index (χ3v) is 6.01. The zero-order valence-electron chi connectivity index (χ0n) is 15.0. The number of nitrogens with zero attached hydrogens (tertiary/aromatic N) is 1. The summed E-state index contributed by atoms with van der Waals surface area (Å²) in [6.45, 7) is 4.66. The minimum Gasteiger partial charge on any atom is -0.459 e. The second-order valence-electron chi connectivity index (χ2n) is 7.60. The molecule has 0 amide bonds. The predicted molar refractivity (Wildman–Crippen MR) is 101 cm³/mol. The van der Waals surface area contributed by atoms with Crippen molar-refractivity contribution in [2.75, 3.05) is 31.1 Å². The van der Waals surface area contributed by atoms with Crippen LogP contribution < -0.4 is 10.2 Å². The van der Waals surface area contributed by atoms with E-state index in [4.69, 9.17) is 9.47 Å². The van der Waals surface area contributed by atoms with Gasteiger partial charge in [-0.15, -0.1) is 0 Å². The Hall–Kier alpha value is -1.68. The van der Waals surface area contributed by atoms with Crippen LogP contribution in [0.15, 0.2) is 36.8 Å². The van der Waals surface area contributed by atoms with Crippen LogP contribution in [0.25, 0.3) is 0 Å². The molecule has 0 saturated carbocycles. The molecule has 3 aliphatic rings. The van der Waals surface area contributed by atoms with Crippen molar-refractivity contribution < 1.29 is 9.47 Å². The van der Waals surface area contributed by atoms with E-state index in [1.54, 1.807) is 12.5 Å². The Kier molecular flexibility index (Phi) is 5.46. The fourth-order valence-electron chi connectivity index (χ4n) is 4.37. The van der Waals surface area contributed by atoms with E-state index in [-0.39, 0.29) is 6.29 Å². The van der Waals surface area contributed by atoms with Gasteiger partial charge in [-0.25, -0.2) is 0 Å². The van der Waals surface area contributed by atoms with Gasteiger partial charge in [0.25, 0.3) is 0 Å². The van der Waals surface area contributed by atoms with Crippen molar-refractivity contribution in [1.29, 1.82) is 0 Å². The summed E-state index contributed by atoms with van der Waals surface area (Å²) in [6, 6.07) is 9.39. The summed E-state index contributed by atoms with van der Waals surface area (Å²) in [5.41, 5.74) is 2.91. The average Bonchev–Trinajstić information content (AvgIpc) is 3.21. The number of rotatable bonds is 5. The lowest BCUT2D eigenvalue weighted by molar-refractivity contribution is -0.0324. The van der Waals surface area contributed by atoms with Crippen LogP contribution in [-0.4, -0.2) is 32.5 Å². The third-order valence-electron chi connectivity index (χ3n) is 6.01. The lowest BCUT2D eigenvalue weighted by atomic mass is 9.89. The lowest BCUT2D eigenvalue weighted by Crippen LogP contribution is -2.34. The Morgan fingerprint density at radius 3 is 2.24 bits per heavy atom. The second kappa shape index (κ2) is 8.13. The maximum absolute atomic E-state index is 5.38. The third kappa shape index (κ3) is 4.30. The van der Waals surface area contributed by atoms with Crippen molar-refractivity contribution in [3.63, 3.8) is 0 Å². The summed E-state index contributed by atoms with van der Waals surface area (Å²) < 4.78 is 10.8. The maximum Gasteiger partial charge on any atom is 0.239 e. The molecule has 0 aliphatic carbocycles. The first kappa shape index (κ1) is 16.8. The summed E-state index contributed by atoms with van der Waals surface area (Å²) in [5.74, 6) is 1.55. The van der Waals surface area contributed by atoms with Crippen molar-refractivity contribution in [3.05, 3.63) is 42.4 Å². The first-order valence-electron chi connectivity index (χ1n) is 9.90. The molecule has 0 radical (unpaired) electrons. The molecule has 1 N–H and O–H groups in total. The largest absolute Gasteiger partial charge is 0.459 e. The molecule has 4 heteroatoms. The van der Waals surface area contributed by atoms with Gasteiger partial charge in [0.2, 0.25) is 6.29 Å². The van der Waals surface area contributed by atoms with E-state index < -0.39 is 0 Å². The van der Waals surface area contributed by atoms with Gasteiger partial charge in [0.15, 0.2) is 0 Å². The summed E-state index contributed by atoms with van der Waals surface area (Å²) in [6.07, 6.45) is 10.6.